The Morgan fingerprint density at radius 1 is 0.933 bits per heavy atom. The monoisotopic (exact) mass is 205 g/mol. The van der Waals surface area contributed by atoms with Crippen LogP contribution in [0.15, 0.2) is 12.2 Å². The second kappa shape index (κ2) is 3.62. The summed E-state index contributed by atoms with van der Waals surface area (Å²) in [4.78, 5) is 0. The van der Waals surface area contributed by atoms with Gasteiger partial charge in [0.15, 0.2) is 0 Å². The predicted octanol–water partition coefficient (Wildman–Crippen LogP) is 3.11. The Balaban J connectivity index is 1.72. The van der Waals surface area contributed by atoms with Crippen LogP contribution >= 0.6 is 0 Å². The first kappa shape index (κ1) is 9.89. The first-order valence-corrected chi connectivity index (χ1v) is 6.65. The van der Waals surface area contributed by atoms with Gasteiger partial charge in [-0.15, -0.1) is 0 Å². The van der Waals surface area contributed by atoms with E-state index in [1.807, 2.05) is 0 Å². The van der Waals surface area contributed by atoms with E-state index in [0.29, 0.717) is 12.0 Å². The van der Waals surface area contributed by atoms with Crippen molar-refractivity contribution in [2.24, 2.45) is 28.9 Å². The van der Waals surface area contributed by atoms with Crippen LogP contribution in [-0.4, -0.2) is 6.54 Å². The minimum Gasteiger partial charge on any atom is -0.327 e. The fourth-order valence-electron chi connectivity index (χ4n) is 4.97. The quantitative estimate of drug-likeness (QED) is 0.704. The third-order valence-corrected chi connectivity index (χ3v) is 5.02. The van der Waals surface area contributed by atoms with Crippen molar-refractivity contribution >= 4 is 0 Å². The second-order valence-electron chi connectivity index (χ2n) is 6.33. The summed E-state index contributed by atoms with van der Waals surface area (Å²) >= 11 is 0. The van der Waals surface area contributed by atoms with E-state index < -0.39 is 0 Å². The zero-order chi connectivity index (χ0) is 10.3. The molecule has 4 saturated carbocycles. The van der Waals surface area contributed by atoms with Crippen LogP contribution in [0.3, 0.4) is 0 Å². The van der Waals surface area contributed by atoms with Gasteiger partial charge < -0.3 is 5.73 Å². The van der Waals surface area contributed by atoms with Crippen molar-refractivity contribution in [3.05, 3.63) is 12.2 Å². The summed E-state index contributed by atoms with van der Waals surface area (Å²) in [7, 11) is 0. The van der Waals surface area contributed by atoms with E-state index in [4.69, 9.17) is 5.73 Å². The highest BCUT2D eigenvalue weighted by molar-refractivity contribution is 5.04. The summed E-state index contributed by atoms with van der Waals surface area (Å²) in [5.41, 5.74) is 6.23. The molecule has 0 unspecified atom stereocenters. The molecule has 84 valence electrons. The summed E-state index contributed by atoms with van der Waals surface area (Å²) in [6.45, 7) is 0.715. The predicted molar refractivity (Wildman–Crippen MR) is 63.4 cm³/mol. The molecule has 0 aromatic rings. The molecule has 0 saturated heterocycles. The Morgan fingerprint density at radius 3 is 1.93 bits per heavy atom. The van der Waals surface area contributed by atoms with E-state index in [2.05, 4.69) is 12.2 Å². The van der Waals surface area contributed by atoms with Crippen molar-refractivity contribution in [3.63, 3.8) is 0 Å². The average molecular weight is 205 g/mol. The largest absolute Gasteiger partial charge is 0.327 e. The maximum atomic E-state index is 5.52. The van der Waals surface area contributed by atoms with Gasteiger partial charge in [0.2, 0.25) is 0 Å². The summed E-state index contributed by atoms with van der Waals surface area (Å²) in [5, 5.41) is 0. The molecule has 2 N–H and O–H groups in total. The van der Waals surface area contributed by atoms with Gasteiger partial charge in [-0.25, -0.2) is 0 Å². The lowest BCUT2D eigenvalue weighted by Crippen LogP contribution is -2.45. The Kier molecular flexibility index (Phi) is 2.39. The zero-order valence-corrected chi connectivity index (χ0v) is 9.62. The van der Waals surface area contributed by atoms with E-state index in [1.54, 1.807) is 19.3 Å². The number of allylic oxidation sites excluding steroid dienone is 1. The van der Waals surface area contributed by atoms with Crippen molar-refractivity contribution in [3.8, 4) is 0 Å². The van der Waals surface area contributed by atoms with Crippen LogP contribution in [-0.2, 0) is 0 Å². The van der Waals surface area contributed by atoms with Gasteiger partial charge in [0.05, 0.1) is 0 Å². The minimum absolute atomic E-state index is 0.709. The molecule has 0 atom stereocenters. The molecule has 4 aliphatic rings. The maximum absolute atomic E-state index is 5.52. The van der Waals surface area contributed by atoms with Gasteiger partial charge in [-0.05, 0) is 68.1 Å². The van der Waals surface area contributed by atoms with Crippen LogP contribution in [0.25, 0.3) is 0 Å². The second-order valence-corrected chi connectivity index (χ2v) is 6.33. The highest BCUT2D eigenvalue weighted by atomic mass is 14.5. The molecule has 0 aromatic carbocycles. The first-order valence-electron chi connectivity index (χ1n) is 6.65. The minimum atomic E-state index is 0.709. The Morgan fingerprint density at radius 2 is 1.47 bits per heavy atom. The topological polar surface area (TPSA) is 26.0 Å². The summed E-state index contributed by atoms with van der Waals surface area (Å²) in [6, 6.07) is 0. The Hall–Kier alpha value is -0.300. The van der Waals surface area contributed by atoms with Crippen molar-refractivity contribution in [2.45, 2.75) is 44.9 Å². The van der Waals surface area contributed by atoms with Gasteiger partial charge in [0.25, 0.3) is 0 Å². The molecule has 4 bridgehead atoms. The third kappa shape index (κ3) is 1.75. The van der Waals surface area contributed by atoms with E-state index in [0.717, 1.165) is 17.8 Å². The Labute approximate surface area is 93.1 Å². The normalized spacial score (nSPS) is 47.9. The number of rotatable bonds is 3. The Bertz CT molecular complexity index is 231. The molecule has 1 nitrogen and oxygen atoms in total. The lowest BCUT2D eigenvalue weighted by Gasteiger charge is -2.56. The van der Waals surface area contributed by atoms with Gasteiger partial charge in [0, 0.05) is 6.54 Å². The molecule has 0 radical (unpaired) electrons. The lowest BCUT2D eigenvalue weighted by molar-refractivity contribution is -0.0506. The van der Waals surface area contributed by atoms with Crippen molar-refractivity contribution in [1.82, 2.24) is 0 Å². The lowest BCUT2D eigenvalue weighted by atomic mass is 9.49. The highest BCUT2D eigenvalue weighted by Crippen LogP contribution is 2.61. The van der Waals surface area contributed by atoms with E-state index in [9.17, 15) is 0 Å². The van der Waals surface area contributed by atoms with Gasteiger partial charge in [-0.3, -0.25) is 0 Å². The molecular weight excluding hydrogens is 182 g/mol. The molecular formula is C14H23N. The van der Waals surface area contributed by atoms with E-state index in [-0.39, 0.29) is 0 Å². The fraction of sp³-hybridized carbons (Fsp3) is 0.857. The molecule has 1 heteroatoms. The number of hydrogen-bond acceptors (Lipinski definition) is 1. The molecule has 0 aromatic heterocycles. The zero-order valence-electron chi connectivity index (χ0n) is 9.62. The highest BCUT2D eigenvalue weighted by Gasteiger charge is 2.49. The van der Waals surface area contributed by atoms with Gasteiger partial charge >= 0.3 is 0 Å². The van der Waals surface area contributed by atoms with Gasteiger partial charge in [0.1, 0.15) is 0 Å². The van der Waals surface area contributed by atoms with Gasteiger partial charge in [-0.1, -0.05) is 12.2 Å². The molecule has 4 rings (SSSR count). The molecule has 0 spiro atoms. The number of nitrogens with two attached hydrogens (primary N) is 1. The van der Waals surface area contributed by atoms with Gasteiger partial charge in [-0.2, -0.15) is 0 Å². The van der Waals surface area contributed by atoms with Crippen LogP contribution in [0.5, 0.6) is 0 Å². The molecule has 15 heavy (non-hydrogen) atoms. The SMILES string of the molecule is NC/C=C/CC12CC3CC(CC(C3)C1)C2. The van der Waals surface area contributed by atoms with Crippen LogP contribution < -0.4 is 5.73 Å². The summed E-state index contributed by atoms with van der Waals surface area (Å²) in [6.07, 6.45) is 15.1. The molecule has 0 amide bonds. The molecule has 0 aliphatic heterocycles. The number of hydrogen-bond donors (Lipinski definition) is 1. The molecule has 0 heterocycles. The van der Waals surface area contributed by atoms with Crippen LogP contribution in [0.1, 0.15) is 44.9 Å². The van der Waals surface area contributed by atoms with Crippen LogP contribution in [0.4, 0.5) is 0 Å². The van der Waals surface area contributed by atoms with Crippen molar-refractivity contribution in [2.75, 3.05) is 6.54 Å². The van der Waals surface area contributed by atoms with E-state index >= 15 is 0 Å². The standard InChI is InChI=1S/C14H23N/c15-4-2-1-3-14-8-11-5-12(9-14)7-13(6-11)10-14/h1-2,11-13H,3-10,15H2/b2-1+. The first-order chi connectivity index (χ1) is 7.30. The van der Waals surface area contributed by atoms with E-state index in [1.165, 1.54) is 25.7 Å². The fourth-order valence-corrected chi connectivity index (χ4v) is 4.97. The van der Waals surface area contributed by atoms with Crippen molar-refractivity contribution in [1.29, 1.82) is 0 Å². The molecule has 4 aliphatic carbocycles. The third-order valence-electron chi connectivity index (χ3n) is 5.02. The molecule has 4 fully saturated rings. The average Bonchev–Trinajstić information content (AvgIpc) is 2.15. The van der Waals surface area contributed by atoms with Crippen LogP contribution in [0, 0.1) is 23.2 Å². The van der Waals surface area contributed by atoms with Crippen molar-refractivity contribution < 1.29 is 0 Å². The smallest absolute Gasteiger partial charge is 0.0106 e. The maximum Gasteiger partial charge on any atom is 0.0106 e. The summed E-state index contributed by atoms with van der Waals surface area (Å²) < 4.78 is 0. The van der Waals surface area contributed by atoms with Crippen LogP contribution in [0.2, 0.25) is 0 Å². The summed E-state index contributed by atoms with van der Waals surface area (Å²) in [5.74, 6) is 3.26.